The molecule has 0 radical (unpaired) electrons. The molecule has 0 saturated carbocycles. The standard InChI is InChI=1S/C35H40N2O2/c1-22(2)36-21-25(24-14-10-11-15-26(24)36)31-32-27(16-34(3,4)18-29(32)38)37(20-23-12-8-7-9-13-23)28-17-35(5,6)19-30(39)33(28)31/h7-15,21-22,31H,16-20H2,1-6H3. The number of aromatic nitrogens is 1. The van der Waals surface area contributed by atoms with E-state index in [1.807, 2.05) is 6.07 Å². The molecular weight excluding hydrogens is 480 g/mol. The lowest BCUT2D eigenvalue weighted by Crippen LogP contribution is -2.44. The third-order valence-electron chi connectivity index (χ3n) is 8.84. The van der Waals surface area contributed by atoms with Gasteiger partial charge in [0.15, 0.2) is 11.6 Å². The predicted molar refractivity (Wildman–Crippen MR) is 157 cm³/mol. The van der Waals surface area contributed by atoms with Crippen LogP contribution in [0.25, 0.3) is 10.9 Å². The second kappa shape index (κ2) is 9.08. The number of carbonyl (C=O) groups excluding carboxylic acids is 2. The second-order valence-corrected chi connectivity index (χ2v) is 13.7. The molecule has 0 spiro atoms. The second-order valence-electron chi connectivity index (χ2n) is 13.7. The summed E-state index contributed by atoms with van der Waals surface area (Å²) in [7, 11) is 0. The van der Waals surface area contributed by atoms with Crippen LogP contribution in [0, 0.1) is 10.8 Å². The molecule has 3 aromatic rings. The van der Waals surface area contributed by atoms with E-state index in [0.717, 1.165) is 51.8 Å². The molecule has 2 heterocycles. The summed E-state index contributed by atoms with van der Waals surface area (Å²) in [6.45, 7) is 13.9. The summed E-state index contributed by atoms with van der Waals surface area (Å²) in [5.41, 5.74) is 7.13. The number of benzene rings is 2. The molecule has 4 nitrogen and oxygen atoms in total. The molecule has 202 valence electrons. The van der Waals surface area contributed by atoms with E-state index in [2.05, 4.69) is 106 Å². The first kappa shape index (κ1) is 25.9. The molecule has 1 aromatic heterocycles. The fraction of sp³-hybridized carbons (Fsp3) is 0.429. The van der Waals surface area contributed by atoms with Crippen molar-refractivity contribution in [2.45, 2.75) is 85.7 Å². The van der Waals surface area contributed by atoms with Crippen LogP contribution in [0.5, 0.6) is 0 Å². The Bertz CT molecular complexity index is 1490. The van der Waals surface area contributed by atoms with E-state index in [9.17, 15) is 9.59 Å². The molecule has 0 saturated heterocycles. The van der Waals surface area contributed by atoms with E-state index in [4.69, 9.17) is 0 Å². The van der Waals surface area contributed by atoms with Gasteiger partial charge in [-0.05, 0) is 54.7 Å². The molecule has 2 aliphatic carbocycles. The van der Waals surface area contributed by atoms with Gasteiger partial charge in [-0.25, -0.2) is 0 Å². The van der Waals surface area contributed by atoms with E-state index in [-0.39, 0.29) is 34.4 Å². The summed E-state index contributed by atoms with van der Waals surface area (Å²) in [5, 5.41) is 1.14. The van der Waals surface area contributed by atoms with Gasteiger partial charge in [0.1, 0.15) is 0 Å². The molecule has 0 atom stereocenters. The average molecular weight is 521 g/mol. The van der Waals surface area contributed by atoms with Crippen molar-refractivity contribution in [3.63, 3.8) is 0 Å². The fourth-order valence-corrected chi connectivity index (χ4v) is 7.20. The Kier molecular flexibility index (Phi) is 6.02. The van der Waals surface area contributed by atoms with Crippen LogP contribution in [0.4, 0.5) is 0 Å². The van der Waals surface area contributed by atoms with Crippen LogP contribution in [-0.4, -0.2) is 21.0 Å². The van der Waals surface area contributed by atoms with Gasteiger partial charge in [-0.15, -0.1) is 0 Å². The zero-order valence-electron chi connectivity index (χ0n) is 24.2. The Balaban J connectivity index is 1.65. The van der Waals surface area contributed by atoms with Crippen LogP contribution in [0.15, 0.2) is 83.3 Å². The van der Waals surface area contributed by atoms with Gasteiger partial charge >= 0.3 is 0 Å². The number of allylic oxidation sites excluding steroid dienone is 4. The van der Waals surface area contributed by atoms with Crippen molar-refractivity contribution in [2.75, 3.05) is 0 Å². The number of fused-ring (bicyclic) bond motifs is 1. The summed E-state index contributed by atoms with van der Waals surface area (Å²) < 4.78 is 2.30. The van der Waals surface area contributed by atoms with Crippen LogP contribution in [0.3, 0.4) is 0 Å². The first-order chi connectivity index (χ1) is 18.5. The maximum Gasteiger partial charge on any atom is 0.162 e. The van der Waals surface area contributed by atoms with Crippen molar-refractivity contribution in [3.05, 3.63) is 94.5 Å². The number of rotatable bonds is 4. The van der Waals surface area contributed by atoms with Crippen LogP contribution in [-0.2, 0) is 16.1 Å². The van der Waals surface area contributed by atoms with E-state index < -0.39 is 0 Å². The van der Waals surface area contributed by atoms with Gasteiger partial charge in [-0.1, -0.05) is 76.2 Å². The SMILES string of the molecule is CC(C)n1cc(C2C3=C(CC(C)(C)CC3=O)N(Cc3ccccc3)C3=C2C(=O)CC(C)(C)C3)c2ccccc21. The highest BCUT2D eigenvalue weighted by Crippen LogP contribution is 2.55. The molecule has 0 bridgehead atoms. The fourth-order valence-electron chi connectivity index (χ4n) is 7.20. The summed E-state index contributed by atoms with van der Waals surface area (Å²) in [6.07, 6.45) is 4.89. The Morgan fingerprint density at radius 2 is 1.31 bits per heavy atom. The molecule has 0 unspecified atom stereocenters. The van der Waals surface area contributed by atoms with Crippen LogP contribution in [0.2, 0.25) is 0 Å². The summed E-state index contributed by atoms with van der Waals surface area (Å²) in [5.74, 6) is 0.0591. The highest BCUT2D eigenvalue weighted by Gasteiger charge is 2.49. The Morgan fingerprint density at radius 3 is 1.87 bits per heavy atom. The topological polar surface area (TPSA) is 42.3 Å². The van der Waals surface area contributed by atoms with E-state index in [0.29, 0.717) is 19.4 Å². The van der Waals surface area contributed by atoms with Gasteiger partial charge in [-0.3, -0.25) is 9.59 Å². The highest BCUT2D eigenvalue weighted by atomic mass is 16.1. The normalized spacial score (nSPS) is 21.2. The minimum Gasteiger partial charge on any atom is -0.345 e. The Morgan fingerprint density at radius 1 is 0.769 bits per heavy atom. The zero-order valence-corrected chi connectivity index (χ0v) is 24.2. The number of hydrogen-bond donors (Lipinski definition) is 0. The first-order valence-corrected chi connectivity index (χ1v) is 14.4. The lowest BCUT2D eigenvalue weighted by atomic mass is 9.63. The first-order valence-electron chi connectivity index (χ1n) is 14.4. The van der Waals surface area contributed by atoms with Gasteiger partial charge in [0.05, 0.1) is 0 Å². The van der Waals surface area contributed by atoms with E-state index >= 15 is 0 Å². The van der Waals surface area contributed by atoms with Crippen molar-refractivity contribution in [1.82, 2.24) is 9.47 Å². The molecular formula is C35H40N2O2. The molecule has 2 aromatic carbocycles. The lowest BCUT2D eigenvalue weighted by Gasteiger charge is -2.49. The largest absolute Gasteiger partial charge is 0.345 e. The number of nitrogens with zero attached hydrogens (tertiary/aromatic N) is 2. The highest BCUT2D eigenvalue weighted by molar-refractivity contribution is 6.08. The monoisotopic (exact) mass is 520 g/mol. The van der Waals surface area contributed by atoms with Crippen LogP contribution < -0.4 is 0 Å². The van der Waals surface area contributed by atoms with Crippen molar-refractivity contribution >= 4 is 22.5 Å². The predicted octanol–water partition coefficient (Wildman–Crippen LogP) is 8.11. The molecule has 0 N–H and O–H groups in total. The maximum atomic E-state index is 14.2. The molecule has 6 rings (SSSR count). The van der Waals surface area contributed by atoms with Gasteiger partial charge in [0.25, 0.3) is 0 Å². The van der Waals surface area contributed by atoms with Gasteiger partial charge < -0.3 is 9.47 Å². The molecule has 0 fully saturated rings. The Labute approximate surface area is 232 Å². The quantitative estimate of drug-likeness (QED) is 0.349. The van der Waals surface area contributed by atoms with Gasteiger partial charge in [0.2, 0.25) is 0 Å². The third-order valence-corrected chi connectivity index (χ3v) is 8.84. The number of carbonyl (C=O) groups is 2. The number of hydrogen-bond acceptors (Lipinski definition) is 3. The molecule has 4 heteroatoms. The molecule has 0 amide bonds. The minimum absolute atomic E-state index is 0.131. The van der Waals surface area contributed by atoms with Gasteiger partial charge in [-0.2, -0.15) is 0 Å². The molecule has 1 aliphatic heterocycles. The molecule has 39 heavy (non-hydrogen) atoms. The zero-order chi connectivity index (χ0) is 27.7. The number of para-hydroxylation sites is 1. The Hall–Kier alpha value is -3.40. The van der Waals surface area contributed by atoms with Crippen LogP contribution in [0.1, 0.15) is 90.3 Å². The van der Waals surface area contributed by atoms with Crippen LogP contribution >= 0.6 is 0 Å². The van der Waals surface area contributed by atoms with Crippen molar-refractivity contribution in [3.8, 4) is 0 Å². The summed E-state index contributed by atoms with van der Waals surface area (Å²) >= 11 is 0. The summed E-state index contributed by atoms with van der Waals surface area (Å²) in [6, 6.07) is 19.2. The smallest absolute Gasteiger partial charge is 0.162 e. The molecule has 3 aliphatic rings. The average Bonchev–Trinajstić information content (AvgIpc) is 3.24. The van der Waals surface area contributed by atoms with E-state index in [1.54, 1.807) is 0 Å². The van der Waals surface area contributed by atoms with Gasteiger partial charge in [0, 0.05) is 71.0 Å². The van der Waals surface area contributed by atoms with Crippen molar-refractivity contribution < 1.29 is 9.59 Å². The van der Waals surface area contributed by atoms with Crippen molar-refractivity contribution in [2.24, 2.45) is 10.8 Å². The lowest BCUT2D eigenvalue weighted by molar-refractivity contribution is -0.119. The third kappa shape index (κ3) is 4.38. The number of Topliss-reactive ketones (excluding diaryl/α,β-unsaturated/α-hetero) is 2. The minimum atomic E-state index is -0.320. The maximum absolute atomic E-state index is 14.2. The summed E-state index contributed by atoms with van der Waals surface area (Å²) in [4.78, 5) is 30.7. The van der Waals surface area contributed by atoms with E-state index in [1.165, 1.54) is 5.56 Å². The van der Waals surface area contributed by atoms with Crippen molar-refractivity contribution in [1.29, 1.82) is 0 Å². The number of ketones is 2.